The number of esters is 1. The summed E-state index contributed by atoms with van der Waals surface area (Å²) in [4.78, 5) is 28.4. The summed E-state index contributed by atoms with van der Waals surface area (Å²) in [6.45, 7) is 3.89. The van der Waals surface area contributed by atoms with Crippen LogP contribution in [0.3, 0.4) is 0 Å². The topological polar surface area (TPSA) is 73.2 Å². The molecular formula is C12H13N3O3S. The largest absolute Gasteiger partial charge is 0.462 e. The predicted molar refractivity (Wildman–Crippen MR) is 71.7 cm³/mol. The zero-order valence-electron chi connectivity index (χ0n) is 10.5. The summed E-state index contributed by atoms with van der Waals surface area (Å²) in [7, 11) is 0. The zero-order valence-corrected chi connectivity index (χ0v) is 11.4. The Morgan fingerprint density at radius 3 is 2.95 bits per heavy atom. The molecule has 100 valence electrons. The maximum atomic E-state index is 11.9. The molecule has 2 aromatic rings. The minimum Gasteiger partial charge on any atom is -0.462 e. The molecule has 0 aromatic carbocycles. The third-order valence-corrected chi connectivity index (χ3v) is 3.28. The molecule has 0 spiro atoms. The summed E-state index contributed by atoms with van der Waals surface area (Å²) in [6, 6.07) is 1.33. The van der Waals surface area contributed by atoms with Crippen LogP contribution < -0.4 is 5.32 Å². The average Bonchev–Trinajstić information content (AvgIpc) is 2.98. The molecule has 1 amide bonds. The summed E-state index contributed by atoms with van der Waals surface area (Å²) >= 11 is 1.33. The Kier molecular flexibility index (Phi) is 3.96. The number of imidazole rings is 1. The van der Waals surface area contributed by atoms with E-state index < -0.39 is 5.97 Å². The van der Waals surface area contributed by atoms with Gasteiger partial charge in [-0.15, -0.1) is 11.3 Å². The van der Waals surface area contributed by atoms with Crippen molar-refractivity contribution in [1.82, 2.24) is 9.55 Å². The summed E-state index contributed by atoms with van der Waals surface area (Å²) in [5.74, 6) is -0.437. The van der Waals surface area contributed by atoms with Gasteiger partial charge in [0, 0.05) is 17.3 Å². The molecule has 0 radical (unpaired) electrons. The molecule has 0 aliphatic rings. The Morgan fingerprint density at radius 2 is 2.32 bits per heavy atom. The Hall–Kier alpha value is -2.15. The van der Waals surface area contributed by atoms with Gasteiger partial charge in [-0.25, -0.2) is 14.6 Å². The van der Waals surface area contributed by atoms with Crippen LogP contribution in [0.2, 0.25) is 0 Å². The van der Waals surface area contributed by atoms with Crippen molar-refractivity contribution in [3.63, 3.8) is 0 Å². The maximum Gasteiger partial charge on any atom is 0.341 e. The smallest absolute Gasteiger partial charge is 0.341 e. The number of carbonyl (C=O) groups is 2. The monoisotopic (exact) mass is 279 g/mol. The van der Waals surface area contributed by atoms with Crippen LogP contribution in [0.15, 0.2) is 24.8 Å². The molecule has 2 rings (SSSR count). The molecule has 2 heterocycles. The number of amides is 1. The number of nitrogens with zero attached hydrogens (tertiary/aromatic N) is 2. The van der Waals surface area contributed by atoms with E-state index in [1.807, 2.05) is 6.92 Å². The van der Waals surface area contributed by atoms with E-state index in [0.717, 1.165) is 4.88 Å². The average molecular weight is 279 g/mol. The molecule has 1 N–H and O–H groups in total. The Morgan fingerprint density at radius 1 is 1.53 bits per heavy atom. The van der Waals surface area contributed by atoms with Crippen LogP contribution in [-0.4, -0.2) is 28.2 Å². The number of ether oxygens (including phenoxy) is 1. The van der Waals surface area contributed by atoms with Crippen LogP contribution in [-0.2, 0) is 4.74 Å². The minimum atomic E-state index is -0.437. The van der Waals surface area contributed by atoms with E-state index in [1.165, 1.54) is 34.6 Å². The van der Waals surface area contributed by atoms with Crippen LogP contribution in [0.4, 0.5) is 9.80 Å². The summed E-state index contributed by atoms with van der Waals surface area (Å²) in [6.07, 6.45) is 4.42. The molecule has 0 unspecified atom stereocenters. The van der Waals surface area contributed by atoms with Crippen molar-refractivity contribution in [2.24, 2.45) is 0 Å². The van der Waals surface area contributed by atoms with E-state index in [4.69, 9.17) is 4.74 Å². The van der Waals surface area contributed by atoms with E-state index in [1.54, 1.807) is 13.0 Å². The third kappa shape index (κ3) is 3.00. The van der Waals surface area contributed by atoms with Crippen LogP contribution in [0.5, 0.6) is 0 Å². The number of hydrogen-bond donors (Lipinski definition) is 1. The van der Waals surface area contributed by atoms with Gasteiger partial charge in [0.2, 0.25) is 0 Å². The Labute approximate surface area is 114 Å². The Balaban J connectivity index is 2.20. The SMILES string of the molecule is CCOC(=O)c1cc(C)sc1NC(=O)n1ccnc1. The van der Waals surface area contributed by atoms with Gasteiger partial charge >= 0.3 is 12.0 Å². The lowest BCUT2D eigenvalue weighted by atomic mass is 10.3. The van der Waals surface area contributed by atoms with Crippen molar-refractivity contribution < 1.29 is 14.3 Å². The second-order valence-corrected chi connectivity index (χ2v) is 4.98. The van der Waals surface area contributed by atoms with Gasteiger partial charge in [-0.3, -0.25) is 9.88 Å². The zero-order chi connectivity index (χ0) is 13.8. The molecule has 0 bridgehead atoms. The number of thiophene rings is 1. The number of nitrogens with one attached hydrogen (secondary N) is 1. The molecule has 2 aromatic heterocycles. The molecule has 0 saturated heterocycles. The number of hydrogen-bond acceptors (Lipinski definition) is 5. The van der Waals surface area contributed by atoms with Crippen molar-refractivity contribution in [2.75, 3.05) is 11.9 Å². The molecule has 0 fully saturated rings. The van der Waals surface area contributed by atoms with Crippen molar-refractivity contribution in [3.05, 3.63) is 35.2 Å². The molecule has 0 aliphatic carbocycles. The van der Waals surface area contributed by atoms with E-state index >= 15 is 0 Å². The number of aryl methyl sites for hydroxylation is 1. The van der Waals surface area contributed by atoms with Gasteiger partial charge in [0.1, 0.15) is 11.3 Å². The highest BCUT2D eigenvalue weighted by atomic mass is 32.1. The maximum absolute atomic E-state index is 11.9. The lowest BCUT2D eigenvalue weighted by Crippen LogP contribution is -2.18. The first-order chi connectivity index (χ1) is 9.11. The number of anilines is 1. The highest BCUT2D eigenvalue weighted by molar-refractivity contribution is 7.16. The Bertz CT molecular complexity index is 589. The van der Waals surface area contributed by atoms with Crippen LogP contribution in [0.25, 0.3) is 0 Å². The minimum absolute atomic E-state index is 0.294. The van der Waals surface area contributed by atoms with Crippen LogP contribution in [0.1, 0.15) is 22.2 Å². The van der Waals surface area contributed by atoms with E-state index in [9.17, 15) is 9.59 Å². The van der Waals surface area contributed by atoms with E-state index in [0.29, 0.717) is 17.2 Å². The first kappa shape index (κ1) is 13.3. The normalized spacial score (nSPS) is 10.2. The highest BCUT2D eigenvalue weighted by Gasteiger charge is 2.18. The lowest BCUT2D eigenvalue weighted by molar-refractivity contribution is 0.0528. The van der Waals surface area contributed by atoms with E-state index in [-0.39, 0.29) is 6.03 Å². The van der Waals surface area contributed by atoms with Gasteiger partial charge in [-0.05, 0) is 19.9 Å². The molecule has 19 heavy (non-hydrogen) atoms. The van der Waals surface area contributed by atoms with Crippen molar-refractivity contribution in [3.8, 4) is 0 Å². The standard InChI is InChI=1S/C12H13N3O3S/c1-3-18-11(16)9-6-8(2)19-10(9)14-12(17)15-5-4-13-7-15/h4-7H,3H2,1-2H3,(H,14,17). The molecule has 0 saturated carbocycles. The fraction of sp³-hybridized carbons (Fsp3) is 0.250. The molecular weight excluding hydrogens is 266 g/mol. The van der Waals surface area contributed by atoms with E-state index in [2.05, 4.69) is 10.3 Å². The quantitative estimate of drug-likeness (QED) is 0.876. The van der Waals surface area contributed by atoms with Crippen molar-refractivity contribution in [1.29, 1.82) is 0 Å². The molecule has 0 atom stereocenters. The number of carbonyl (C=O) groups excluding carboxylic acids is 2. The van der Waals surface area contributed by atoms with Gasteiger partial charge in [-0.1, -0.05) is 0 Å². The number of rotatable bonds is 3. The first-order valence-electron chi connectivity index (χ1n) is 5.68. The third-order valence-electron chi connectivity index (χ3n) is 2.31. The second-order valence-electron chi connectivity index (χ2n) is 3.72. The fourth-order valence-corrected chi connectivity index (χ4v) is 2.40. The fourth-order valence-electron chi connectivity index (χ4n) is 1.51. The summed E-state index contributed by atoms with van der Waals surface area (Å²) in [5.41, 5.74) is 0.373. The number of aromatic nitrogens is 2. The highest BCUT2D eigenvalue weighted by Crippen LogP contribution is 2.28. The van der Waals surface area contributed by atoms with Crippen LogP contribution in [0, 0.1) is 6.92 Å². The van der Waals surface area contributed by atoms with Gasteiger partial charge < -0.3 is 4.74 Å². The second kappa shape index (κ2) is 5.66. The predicted octanol–water partition coefficient (Wildman–Crippen LogP) is 2.51. The molecule has 0 aliphatic heterocycles. The van der Waals surface area contributed by atoms with Crippen molar-refractivity contribution >= 4 is 28.3 Å². The lowest BCUT2D eigenvalue weighted by Gasteiger charge is -2.05. The van der Waals surface area contributed by atoms with Gasteiger partial charge in [0.25, 0.3) is 0 Å². The van der Waals surface area contributed by atoms with Gasteiger partial charge in [-0.2, -0.15) is 0 Å². The molecule has 7 heteroatoms. The summed E-state index contributed by atoms with van der Waals surface area (Å²) < 4.78 is 6.25. The molecule has 6 nitrogen and oxygen atoms in total. The first-order valence-corrected chi connectivity index (χ1v) is 6.50. The van der Waals surface area contributed by atoms with Crippen molar-refractivity contribution in [2.45, 2.75) is 13.8 Å². The van der Waals surface area contributed by atoms with Gasteiger partial charge in [0.15, 0.2) is 0 Å². The summed E-state index contributed by atoms with van der Waals surface area (Å²) in [5, 5.41) is 3.16. The van der Waals surface area contributed by atoms with Crippen LogP contribution >= 0.6 is 11.3 Å². The van der Waals surface area contributed by atoms with Gasteiger partial charge in [0.05, 0.1) is 12.2 Å².